The van der Waals surface area contributed by atoms with Crippen molar-refractivity contribution in [3.8, 4) is 0 Å². The van der Waals surface area contributed by atoms with Crippen molar-refractivity contribution in [1.82, 2.24) is 4.90 Å². The molecule has 2 aromatic rings. The van der Waals surface area contributed by atoms with Crippen LogP contribution in [0.5, 0.6) is 0 Å². The minimum atomic E-state index is -0.0804. The van der Waals surface area contributed by atoms with Crippen LogP contribution in [0.25, 0.3) is 0 Å². The molecule has 0 saturated heterocycles. The Labute approximate surface area is 145 Å². The number of carbonyl (C=O) groups is 1. The van der Waals surface area contributed by atoms with Crippen molar-refractivity contribution in [3.63, 3.8) is 0 Å². The standard InChI is InChI=1S/C20H23N2OP/c1-4-22-14-16-10-11-17(12-18(16)21-19(22)23)20(2,24-3)13-15-8-6-5-7-9-15/h5-12H,3-4,13-14H2,1-2H3,(H,21,23). The molecule has 0 bridgehead atoms. The van der Waals surface area contributed by atoms with Crippen molar-refractivity contribution in [2.24, 2.45) is 0 Å². The molecule has 0 spiro atoms. The molecule has 3 rings (SSSR count). The van der Waals surface area contributed by atoms with Gasteiger partial charge in [-0.15, -0.1) is 8.20 Å². The van der Waals surface area contributed by atoms with E-state index in [-0.39, 0.29) is 11.2 Å². The molecule has 3 nitrogen and oxygen atoms in total. The highest BCUT2D eigenvalue weighted by atomic mass is 31.1. The molecule has 4 heteroatoms. The number of nitrogens with zero attached hydrogens (tertiary/aromatic N) is 1. The first-order valence-corrected chi connectivity index (χ1v) is 9.35. The van der Waals surface area contributed by atoms with Crippen LogP contribution >= 0.6 is 8.20 Å². The molecule has 1 heterocycles. The van der Waals surface area contributed by atoms with Crippen molar-refractivity contribution < 1.29 is 4.79 Å². The molecule has 2 aromatic carbocycles. The average molecular weight is 338 g/mol. The number of urea groups is 1. The Kier molecular flexibility index (Phi) is 4.73. The Morgan fingerprint density at radius 3 is 2.67 bits per heavy atom. The Morgan fingerprint density at radius 1 is 1.25 bits per heavy atom. The lowest BCUT2D eigenvalue weighted by Gasteiger charge is -2.31. The van der Waals surface area contributed by atoms with E-state index < -0.39 is 0 Å². The number of rotatable bonds is 5. The van der Waals surface area contributed by atoms with Crippen LogP contribution in [-0.4, -0.2) is 23.8 Å². The molecule has 0 radical (unpaired) electrons. The van der Waals surface area contributed by atoms with Gasteiger partial charge in [0.25, 0.3) is 0 Å². The summed E-state index contributed by atoms with van der Waals surface area (Å²) in [4.78, 5) is 13.9. The van der Waals surface area contributed by atoms with E-state index in [0.29, 0.717) is 6.54 Å². The summed E-state index contributed by atoms with van der Waals surface area (Å²) in [6.07, 6.45) is 5.08. The molecule has 1 aliphatic heterocycles. The highest BCUT2D eigenvalue weighted by Crippen LogP contribution is 2.40. The highest BCUT2D eigenvalue weighted by Gasteiger charge is 2.27. The van der Waals surface area contributed by atoms with E-state index in [1.54, 1.807) is 0 Å². The summed E-state index contributed by atoms with van der Waals surface area (Å²) in [6, 6.07) is 16.9. The number of nitrogens with one attached hydrogen (secondary N) is 1. The Morgan fingerprint density at radius 2 is 2.00 bits per heavy atom. The maximum absolute atomic E-state index is 12.1. The monoisotopic (exact) mass is 338 g/mol. The van der Waals surface area contributed by atoms with Crippen molar-refractivity contribution in [2.45, 2.75) is 32.0 Å². The molecular formula is C20H23N2OP. The Hall–Kier alpha value is -2.12. The van der Waals surface area contributed by atoms with Crippen LogP contribution in [0.15, 0.2) is 48.5 Å². The van der Waals surface area contributed by atoms with Gasteiger partial charge in [0, 0.05) is 23.9 Å². The van der Waals surface area contributed by atoms with Gasteiger partial charge in [0.05, 0.1) is 0 Å². The van der Waals surface area contributed by atoms with Crippen LogP contribution in [0.1, 0.15) is 30.5 Å². The normalized spacial score (nSPS) is 16.4. The van der Waals surface area contributed by atoms with Gasteiger partial charge in [-0.1, -0.05) is 48.8 Å². The molecule has 1 aliphatic rings. The fourth-order valence-electron chi connectivity index (χ4n) is 3.14. The second-order valence-electron chi connectivity index (χ2n) is 6.41. The van der Waals surface area contributed by atoms with E-state index in [1.165, 1.54) is 16.7 Å². The first-order chi connectivity index (χ1) is 11.6. The molecule has 1 unspecified atom stereocenters. The predicted octanol–water partition coefficient (Wildman–Crippen LogP) is 4.89. The first kappa shape index (κ1) is 16.7. The van der Waals surface area contributed by atoms with Gasteiger partial charge in [-0.3, -0.25) is 0 Å². The summed E-state index contributed by atoms with van der Waals surface area (Å²) >= 11 is 0. The topological polar surface area (TPSA) is 32.3 Å². The minimum absolute atomic E-state index is 0.0147. The van der Waals surface area contributed by atoms with Crippen molar-refractivity contribution in [3.05, 3.63) is 65.2 Å². The number of anilines is 1. The molecule has 24 heavy (non-hydrogen) atoms. The molecule has 0 aromatic heterocycles. The number of carbonyl (C=O) groups excluding carboxylic acids is 1. The second kappa shape index (κ2) is 6.78. The predicted molar refractivity (Wildman–Crippen MR) is 103 cm³/mol. The summed E-state index contributed by atoms with van der Waals surface area (Å²) in [5, 5.41) is 2.94. The van der Waals surface area contributed by atoms with Gasteiger partial charge in [0.2, 0.25) is 0 Å². The maximum Gasteiger partial charge on any atom is 0.322 e. The zero-order chi connectivity index (χ0) is 17.2. The SMILES string of the molecule is C=PC(C)(Cc1ccccc1)c1ccc2c(c1)NC(=O)N(CC)C2. The fourth-order valence-corrected chi connectivity index (χ4v) is 3.75. The number of benzene rings is 2. The lowest BCUT2D eigenvalue weighted by Crippen LogP contribution is -2.38. The zero-order valence-electron chi connectivity index (χ0n) is 14.2. The van der Waals surface area contributed by atoms with E-state index in [0.717, 1.165) is 26.9 Å². The van der Waals surface area contributed by atoms with Gasteiger partial charge in [-0.05, 0) is 43.0 Å². The Balaban J connectivity index is 1.92. The lowest BCUT2D eigenvalue weighted by molar-refractivity contribution is 0.210. The third-order valence-corrected chi connectivity index (χ3v) is 5.86. The highest BCUT2D eigenvalue weighted by molar-refractivity contribution is 7.38. The largest absolute Gasteiger partial charge is 0.322 e. The number of fused-ring (bicyclic) bond motifs is 1. The molecule has 2 amide bonds. The number of amides is 2. The molecule has 0 fully saturated rings. The van der Waals surface area contributed by atoms with Gasteiger partial charge in [-0.2, -0.15) is 0 Å². The summed E-state index contributed by atoms with van der Waals surface area (Å²) in [5.41, 5.74) is 4.62. The van der Waals surface area contributed by atoms with Crippen LogP contribution < -0.4 is 5.32 Å². The number of hydrogen-bond acceptors (Lipinski definition) is 1. The van der Waals surface area contributed by atoms with Crippen LogP contribution in [-0.2, 0) is 18.1 Å². The minimum Gasteiger partial charge on any atom is -0.320 e. The van der Waals surface area contributed by atoms with E-state index in [2.05, 4.69) is 61.0 Å². The van der Waals surface area contributed by atoms with Gasteiger partial charge >= 0.3 is 6.03 Å². The number of hydrogen-bond donors (Lipinski definition) is 1. The van der Waals surface area contributed by atoms with Crippen molar-refractivity contribution in [2.75, 3.05) is 11.9 Å². The quantitative estimate of drug-likeness (QED) is 0.774. The van der Waals surface area contributed by atoms with Crippen LogP contribution in [0.3, 0.4) is 0 Å². The zero-order valence-corrected chi connectivity index (χ0v) is 15.1. The first-order valence-electron chi connectivity index (χ1n) is 8.27. The van der Waals surface area contributed by atoms with Crippen LogP contribution in [0.2, 0.25) is 0 Å². The van der Waals surface area contributed by atoms with Gasteiger partial charge in [0.1, 0.15) is 0 Å². The smallest absolute Gasteiger partial charge is 0.320 e. The van der Waals surface area contributed by atoms with Gasteiger partial charge in [-0.25, -0.2) is 4.79 Å². The molecule has 0 saturated carbocycles. The fraction of sp³-hybridized carbons (Fsp3) is 0.300. The second-order valence-corrected chi connectivity index (χ2v) is 7.71. The molecule has 0 aliphatic carbocycles. The third kappa shape index (κ3) is 3.22. The Bertz CT molecular complexity index is 759. The molecular weight excluding hydrogens is 315 g/mol. The third-order valence-electron chi connectivity index (χ3n) is 4.74. The van der Waals surface area contributed by atoms with E-state index in [1.807, 2.05) is 17.9 Å². The maximum atomic E-state index is 12.1. The lowest BCUT2D eigenvalue weighted by atomic mass is 9.91. The van der Waals surface area contributed by atoms with Gasteiger partial charge in [0.15, 0.2) is 0 Å². The summed E-state index contributed by atoms with van der Waals surface area (Å²) in [6.45, 7) is 5.63. The summed E-state index contributed by atoms with van der Waals surface area (Å²) in [5.74, 6) is 0. The summed E-state index contributed by atoms with van der Waals surface area (Å²) in [7, 11) is 1.07. The van der Waals surface area contributed by atoms with Gasteiger partial charge < -0.3 is 10.2 Å². The van der Waals surface area contributed by atoms with Crippen LogP contribution in [0.4, 0.5) is 10.5 Å². The molecule has 1 N–H and O–H groups in total. The summed E-state index contributed by atoms with van der Waals surface area (Å²) < 4.78 is 0. The average Bonchev–Trinajstić information content (AvgIpc) is 2.61. The van der Waals surface area contributed by atoms with E-state index in [4.69, 9.17) is 0 Å². The van der Waals surface area contributed by atoms with E-state index >= 15 is 0 Å². The van der Waals surface area contributed by atoms with Crippen molar-refractivity contribution in [1.29, 1.82) is 0 Å². The van der Waals surface area contributed by atoms with Crippen LogP contribution in [0, 0.1) is 0 Å². The van der Waals surface area contributed by atoms with E-state index in [9.17, 15) is 4.79 Å². The molecule has 1 atom stereocenters. The van der Waals surface area contributed by atoms with Crippen molar-refractivity contribution >= 4 is 26.2 Å². The molecule has 124 valence electrons.